The maximum absolute atomic E-state index is 5.54. The monoisotopic (exact) mass is 207 g/mol. The largest absolute Gasteiger partial charge is 0.485 e. The first-order chi connectivity index (χ1) is 7.04. The molecular formula is C11H17N3O. The maximum Gasteiger partial charge on any atom is 0.157 e. The molecule has 82 valence electrons. The van der Waals surface area contributed by atoms with E-state index in [-0.39, 0.29) is 12.4 Å². The van der Waals surface area contributed by atoms with E-state index in [4.69, 9.17) is 16.3 Å². The fraction of sp³-hybridized carbons (Fsp3) is 0.364. The zero-order chi connectivity index (χ0) is 11.4. The number of amidine groups is 1. The first-order valence-electron chi connectivity index (χ1n) is 4.77. The molecule has 0 bridgehead atoms. The molecule has 15 heavy (non-hydrogen) atoms. The lowest BCUT2D eigenvalue weighted by molar-refractivity contribution is 0.369. The number of hydrazone groups is 1. The SMILES string of the molecule is Cc1cc(C)c(OC/C(N)=N/N)c(C)c1. The number of nitrogens with zero attached hydrogens (tertiary/aromatic N) is 1. The van der Waals surface area contributed by atoms with Crippen LogP contribution >= 0.6 is 0 Å². The van der Waals surface area contributed by atoms with Crippen molar-refractivity contribution in [2.45, 2.75) is 20.8 Å². The fourth-order valence-corrected chi connectivity index (χ4v) is 1.58. The molecule has 0 aliphatic rings. The summed E-state index contributed by atoms with van der Waals surface area (Å²) in [5, 5.41) is 3.35. The number of rotatable bonds is 3. The summed E-state index contributed by atoms with van der Waals surface area (Å²) in [6.07, 6.45) is 0. The normalized spacial score (nSPS) is 11.5. The van der Waals surface area contributed by atoms with Gasteiger partial charge in [-0.3, -0.25) is 0 Å². The van der Waals surface area contributed by atoms with Gasteiger partial charge >= 0.3 is 0 Å². The van der Waals surface area contributed by atoms with Crippen LogP contribution in [0.1, 0.15) is 16.7 Å². The third-order valence-electron chi connectivity index (χ3n) is 2.13. The van der Waals surface area contributed by atoms with Gasteiger partial charge in [0.15, 0.2) is 5.84 Å². The Morgan fingerprint density at radius 3 is 2.27 bits per heavy atom. The second kappa shape index (κ2) is 4.68. The Morgan fingerprint density at radius 2 is 1.80 bits per heavy atom. The van der Waals surface area contributed by atoms with Gasteiger partial charge in [-0.25, -0.2) is 0 Å². The third kappa shape index (κ3) is 2.87. The highest BCUT2D eigenvalue weighted by molar-refractivity contribution is 5.81. The van der Waals surface area contributed by atoms with Crippen molar-refractivity contribution in [2.75, 3.05) is 6.61 Å². The van der Waals surface area contributed by atoms with Gasteiger partial charge in [-0.15, -0.1) is 0 Å². The number of ether oxygens (including phenoxy) is 1. The second-order valence-electron chi connectivity index (χ2n) is 3.64. The molecule has 4 N–H and O–H groups in total. The average molecular weight is 207 g/mol. The molecule has 0 aliphatic heterocycles. The van der Waals surface area contributed by atoms with Crippen LogP contribution in [0.5, 0.6) is 5.75 Å². The van der Waals surface area contributed by atoms with E-state index in [1.807, 2.05) is 13.8 Å². The minimum atomic E-state index is 0.223. The van der Waals surface area contributed by atoms with Crippen LogP contribution < -0.4 is 16.3 Å². The summed E-state index contributed by atoms with van der Waals surface area (Å²) in [5.41, 5.74) is 8.86. The summed E-state index contributed by atoms with van der Waals surface area (Å²) in [5.74, 6) is 6.16. The molecule has 1 aromatic rings. The molecule has 0 amide bonds. The highest BCUT2D eigenvalue weighted by Gasteiger charge is 2.05. The highest BCUT2D eigenvalue weighted by Crippen LogP contribution is 2.24. The van der Waals surface area contributed by atoms with Crippen LogP contribution in [-0.4, -0.2) is 12.4 Å². The van der Waals surface area contributed by atoms with E-state index >= 15 is 0 Å². The van der Waals surface area contributed by atoms with E-state index in [0.29, 0.717) is 0 Å². The Bertz CT molecular complexity index is 362. The van der Waals surface area contributed by atoms with E-state index in [0.717, 1.165) is 16.9 Å². The average Bonchev–Trinajstić information content (AvgIpc) is 2.15. The standard InChI is InChI=1S/C11H17N3O/c1-7-4-8(2)11(9(3)5-7)15-6-10(12)14-13/h4-5H,6,13H2,1-3H3,(H2,12,14). The van der Waals surface area contributed by atoms with Crippen LogP contribution in [0.25, 0.3) is 0 Å². The number of hydrogen-bond acceptors (Lipinski definition) is 3. The number of aryl methyl sites for hydroxylation is 3. The van der Waals surface area contributed by atoms with Gasteiger partial charge in [-0.1, -0.05) is 17.7 Å². The van der Waals surface area contributed by atoms with Crippen molar-refractivity contribution in [3.8, 4) is 5.75 Å². The van der Waals surface area contributed by atoms with Crippen molar-refractivity contribution in [3.05, 3.63) is 28.8 Å². The molecule has 0 aliphatic carbocycles. The van der Waals surface area contributed by atoms with Gasteiger partial charge in [0.1, 0.15) is 12.4 Å². The minimum absolute atomic E-state index is 0.223. The van der Waals surface area contributed by atoms with E-state index in [2.05, 4.69) is 24.2 Å². The molecule has 4 heteroatoms. The first-order valence-corrected chi connectivity index (χ1v) is 4.77. The predicted molar refractivity (Wildman–Crippen MR) is 62.0 cm³/mol. The van der Waals surface area contributed by atoms with Crippen LogP contribution in [-0.2, 0) is 0 Å². The number of hydrogen-bond donors (Lipinski definition) is 2. The predicted octanol–water partition coefficient (Wildman–Crippen LogP) is 1.22. The molecule has 0 atom stereocenters. The lowest BCUT2D eigenvalue weighted by Crippen LogP contribution is -2.23. The van der Waals surface area contributed by atoms with Crippen molar-refractivity contribution in [2.24, 2.45) is 16.7 Å². The zero-order valence-corrected chi connectivity index (χ0v) is 9.37. The maximum atomic E-state index is 5.54. The topological polar surface area (TPSA) is 73.6 Å². The number of nitrogens with two attached hydrogens (primary N) is 2. The van der Waals surface area contributed by atoms with Crippen molar-refractivity contribution in [1.29, 1.82) is 0 Å². The van der Waals surface area contributed by atoms with Crippen molar-refractivity contribution in [3.63, 3.8) is 0 Å². The molecule has 1 rings (SSSR count). The third-order valence-corrected chi connectivity index (χ3v) is 2.13. The van der Waals surface area contributed by atoms with Crippen molar-refractivity contribution in [1.82, 2.24) is 0 Å². The van der Waals surface area contributed by atoms with Crippen LogP contribution in [0, 0.1) is 20.8 Å². The quantitative estimate of drug-likeness (QED) is 0.339. The van der Waals surface area contributed by atoms with Gasteiger partial charge in [0.2, 0.25) is 0 Å². The molecule has 4 nitrogen and oxygen atoms in total. The Morgan fingerprint density at radius 1 is 1.27 bits per heavy atom. The van der Waals surface area contributed by atoms with Gasteiger partial charge in [0, 0.05) is 0 Å². The zero-order valence-electron chi connectivity index (χ0n) is 9.37. The molecule has 1 aromatic carbocycles. The molecular weight excluding hydrogens is 190 g/mol. The summed E-state index contributed by atoms with van der Waals surface area (Å²) < 4.78 is 5.54. The van der Waals surface area contributed by atoms with Crippen LogP contribution in [0.3, 0.4) is 0 Å². The first kappa shape index (κ1) is 11.4. The van der Waals surface area contributed by atoms with Gasteiger partial charge < -0.3 is 16.3 Å². The van der Waals surface area contributed by atoms with Gasteiger partial charge in [-0.2, -0.15) is 5.10 Å². The summed E-state index contributed by atoms with van der Waals surface area (Å²) in [4.78, 5) is 0. The van der Waals surface area contributed by atoms with Crippen LogP contribution in [0.2, 0.25) is 0 Å². The molecule has 0 aromatic heterocycles. The molecule has 0 unspecified atom stereocenters. The van der Waals surface area contributed by atoms with Crippen molar-refractivity contribution < 1.29 is 4.74 Å². The van der Waals surface area contributed by atoms with E-state index < -0.39 is 0 Å². The molecule has 0 saturated carbocycles. The summed E-state index contributed by atoms with van der Waals surface area (Å²) in [6, 6.07) is 4.14. The van der Waals surface area contributed by atoms with E-state index in [1.54, 1.807) is 0 Å². The summed E-state index contributed by atoms with van der Waals surface area (Å²) in [7, 11) is 0. The minimum Gasteiger partial charge on any atom is -0.485 e. The fourth-order valence-electron chi connectivity index (χ4n) is 1.58. The smallest absolute Gasteiger partial charge is 0.157 e. The Hall–Kier alpha value is -1.71. The lowest BCUT2D eigenvalue weighted by atomic mass is 10.1. The van der Waals surface area contributed by atoms with Crippen LogP contribution in [0.4, 0.5) is 0 Å². The number of benzene rings is 1. The highest BCUT2D eigenvalue weighted by atomic mass is 16.5. The van der Waals surface area contributed by atoms with E-state index in [1.165, 1.54) is 5.56 Å². The van der Waals surface area contributed by atoms with E-state index in [9.17, 15) is 0 Å². The molecule has 0 fully saturated rings. The van der Waals surface area contributed by atoms with Crippen molar-refractivity contribution >= 4 is 5.84 Å². The molecule has 0 saturated heterocycles. The molecule has 0 spiro atoms. The molecule has 0 heterocycles. The Labute approximate surface area is 89.9 Å². The van der Waals surface area contributed by atoms with Crippen LogP contribution in [0.15, 0.2) is 17.2 Å². The second-order valence-corrected chi connectivity index (χ2v) is 3.64. The Kier molecular flexibility index (Phi) is 3.55. The summed E-state index contributed by atoms with van der Waals surface area (Å²) >= 11 is 0. The molecule has 0 radical (unpaired) electrons. The van der Waals surface area contributed by atoms with Gasteiger partial charge in [-0.05, 0) is 31.9 Å². The summed E-state index contributed by atoms with van der Waals surface area (Å²) in [6.45, 7) is 6.29. The lowest BCUT2D eigenvalue weighted by Gasteiger charge is -2.12. The Balaban J connectivity index is 2.86. The van der Waals surface area contributed by atoms with Gasteiger partial charge in [0.25, 0.3) is 0 Å². The van der Waals surface area contributed by atoms with Gasteiger partial charge in [0.05, 0.1) is 0 Å².